The smallest absolute Gasteiger partial charge is 0.291 e. The maximum atomic E-state index is 12.9. The zero-order valence-corrected chi connectivity index (χ0v) is 16.2. The van der Waals surface area contributed by atoms with Crippen LogP contribution in [0.4, 0.5) is 5.00 Å². The lowest BCUT2D eigenvalue weighted by molar-refractivity contribution is 0.0945. The number of benzene rings is 2. The SMILES string of the molecule is O=C(Nc1ccc(C(=O)NC(c2ccccc2)c2ccccc2)s1)c1ccco1. The van der Waals surface area contributed by atoms with Gasteiger partial charge in [0.15, 0.2) is 5.76 Å². The fraction of sp³-hybridized carbons (Fsp3) is 0.0435. The second kappa shape index (κ2) is 8.58. The molecule has 0 aliphatic rings. The van der Waals surface area contributed by atoms with E-state index in [0.717, 1.165) is 11.1 Å². The van der Waals surface area contributed by atoms with E-state index >= 15 is 0 Å². The second-order valence-electron chi connectivity index (χ2n) is 6.32. The molecule has 0 unspecified atom stereocenters. The van der Waals surface area contributed by atoms with Crippen molar-refractivity contribution in [1.82, 2.24) is 5.32 Å². The van der Waals surface area contributed by atoms with Crippen LogP contribution in [0.1, 0.15) is 37.4 Å². The van der Waals surface area contributed by atoms with Crippen LogP contribution < -0.4 is 10.6 Å². The highest BCUT2D eigenvalue weighted by Gasteiger charge is 2.19. The van der Waals surface area contributed by atoms with Crippen LogP contribution >= 0.6 is 11.3 Å². The van der Waals surface area contributed by atoms with E-state index in [-0.39, 0.29) is 23.6 Å². The third-order valence-electron chi connectivity index (χ3n) is 4.35. The topological polar surface area (TPSA) is 71.3 Å². The van der Waals surface area contributed by atoms with Crippen LogP contribution in [0.15, 0.2) is 95.6 Å². The molecule has 4 aromatic rings. The number of thiophene rings is 1. The van der Waals surface area contributed by atoms with Gasteiger partial charge in [-0.05, 0) is 35.4 Å². The van der Waals surface area contributed by atoms with Crippen molar-refractivity contribution < 1.29 is 14.0 Å². The second-order valence-corrected chi connectivity index (χ2v) is 7.41. The van der Waals surface area contributed by atoms with Crippen LogP contribution in [0.3, 0.4) is 0 Å². The van der Waals surface area contributed by atoms with Gasteiger partial charge in [0, 0.05) is 0 Å². The number of rotatable bonds is 6. The minimum Gasteiger partial charge on any atom is -0.459 e. The molecule has 0 spiro atoms. The summed E-state index contributed by atoms with van der Waals surface area (Å²) in [5.41, 5.74) is 1.99. The number of hydrogen-bond acceptors (Lipinski definition) is 4. The van der Waals surface area contributed by atoms with Gasteiger partial charge in [-0.3, -0.25) is 9.59 Å². The molecule has 0 saturated heterocycles. The predicted octanol–water partition coefficient (Wildman–Crippen LogP) is 5.11. The van der Waals surface area contributed by atoms with Gasteiger partial charge in [-0.2, -0.15) is 0 Å². The van der Waals surface area contributed by atoms with Crippen LogP contribution in [-0.2, 0) is 0 Å². The summed E-state index contributed by atoms with van der Waals surface area (Å²) >= 11 is 1.21. The van der Waals surface area contributed by atoms with Gasteiger partial charge >= 0.3 is 0 Å². The molecule has 4 rings (SSSR count). The van der Waals surface area contributed by atoms with Crippen molar-refractivity contribution >= 4 is 28.2 Å². The number of nitrogens with one attached hydrogen (secondary N) is 2. The first-order chi connectivity index (χ1) is 14.2. The van der Waals surface area contributed by atoms with Gasteiger partial charge in [0.05, 0.1) is 22.2 Å². The van der Waals surface area contributed by atoms with E-state index in [0.29, 0.717) is 9.88 Å². The molecule has 0 aliphatic carbocycles. The third-order valence-corrected chi connectivity index (χ3v) is 5.35. The number of amides is 2. The molecule has 5 nitrogen and oxygen atoms in total. The van der Waals surface area contributed by atoms with Crippen molar-refractivity contribution in [2.45, 2.75) is 6.04 Å². The molecule has 29 heavy (non-hydrogen) atoms. The summed E-state index contributed by atoms with van der Waals surface area (Å²) in [6.45, 7) is 0. The minimum atomic E-state index is -0.352. The van der Waals surface area contributed by atoms with Gasteiger partial charge in [-0.15, -0.1) is 11.3 Å². The molecule has 2 N–H and O–H groups in total. The van der Waals surface area contributed by atoms with Gasteiger partial charge in [0.2, 0.25) is 0 Å². The van der Waals surface area contributed by atoms with Crippen LogP contribution in [-0.4, -0.2) is 11.8 Å². The zero-order chi connectivity index (χ0) is 20.1. The Bertz CT molecular complexity index is 1050. The van der Waals surface area contributed by atoms with E-state index in [2.05, 4.69) is 10.6 Å². The molecular formula is C23H18N2O3S. The average molecular weight is 402 g/mol. The third kappa shape index (κ3) is 4.44. The first-order valence-electron chi connectivity index (χ1n) is 9.06. The monoisotopic (exact) mass is 402 g/mol. The van der Waals surface area contributed by atoms with Crippen molar-refractivity contribution in [1.29, 1.82) is 0 Å². The van der Waals surface area contributed by atoms with E-state index in [1.54, 1.807) is 24.3 Å². The van der Waals surface area contributed by atoms with E-state index < -0.39 is 0 Å². The van der Waals surface area contributed by atoms with Crippen molar-refractivity contribution in [3.63, 3.8) is 0 Å². The molecule has 0 bridgehead atoms. The van der Waals surface area contributed by atoms with Crippen LogP contribution in [0.5, 0.6) is 0 Å². The van der Waals surface area contributed by atoms with Gasteiger partial charge in [0.25, 0.3) is 11.8 Å². The van der Waals surface area contributed by atoms with Gasteiger partial charge in [-0.25, -0.2) is 0 Å². The highest BCUT2D eigenvalue weighted by atomic mass is 32.1. The van der Waals surface area contributed by atoms with Crippen LogP contribution in [0.2, 0.25) is 0 Å². The molecule has 0 aliphatic heterocycles. The average Bonchev–Trinajstić information content (AvgIpc) is 3.45. The standard InChI is InChI=1S/C23H18N2O3S/c26-22(18-12-7-15-28-18)24-20-14-13-19(29-20)23(27)25-21(16-8-3-1-4-9-16)17-10-5-2-6-11-17/h1-15,21H,(H,24,26)(H,25,27). The van der Waals surface area contributed by atoms with E-state index in [4.69, 9.17) is 4.42 Å². The normalized spacial score (nSPS) is 10.7. The van der Waals surface area contributed by atoms with Crippen molar-refractivity contribution in [2.75, 3.05) is 5.32 Å². The number of carbonyl (C=O) groups excluding carboxylic acids is 2. The van der Waals surface area contributed by atoms with E-state index in [9.17, 15) is 9.59 Å². The molecule has 0 fully saturated rings. The predicted molar refractivity (Wildman–Crippen MR) is 113 cm³/mol. The zero-order valence-electron chi connectivity index (χ0n) is 15.4. The fourth-order valence-electron chi connectivity index (χ4n) is 2.96. The van der Waals surface area contributed by atoms with Crippen molar-refractivity contribution in [3.05, 3.63) is 113 Å². The Morgan fingerprint density at radius 2 is 1.41 bits per heavy atom. The Hall–Kier alpha value is -3.64. The first kappa shape index (κ1) is 18.7. The molecule has 2 aromatic carbocycles. The molecule has 0 radical (unpaired) electrons. The molecule has 2 aromatic heterocycles. The molecular weight excluding hydrogens is 384 g/mol. The molecule has 0 atom stereocenters. The largest absolute Gasteiger partial charge is 0.459 e. The summed E-state index contributed by atoms with van der Waals surface area (Å²) in [6, 6.07) is 26.0. The molecule has 2 heterocycles. The molecule has 144 valence electrons. The van der Waals surface area contributed by atoms with Gasteiger partial charge in [-0.1, -0.05) is 60.7 Å². The lowest BCUT2D eigenvalue weighted by Gasteiger charge is -2.19. The Balaban J connectivity index is 1.51. The fourth-order valence-corrected chi connectivity index (χ4v) is 3.77. The summed E-state index contributed by atoms with van der Waals surface area (Å²) in [5.74, 6) is -0.334. The highest BCUT2D eigenvalue weighted by molar-refractivity contribution is 7.18. The minimum absolute atomic E-state index is 0.203. The Kier molecular flexibility index (Phi) is 5.54. The summed E-state index contributed by atoms with van der Waals surface area (Å²) in [4.78, 5) is 25.5. The van der Waals surface area contributed by atoms with Gasteiger partial charge < -0.3 is 15.1 Å². The summed E-state index contributed by atoms with van der Waals surface area (Å²) in [6.07, 6.45) is 1.44. The molecule has 6 heteroatoms. The Morgan fingerprint density at radius 3 is 2.00 bits per heavy atom. The Labute approximate surface area is 172 Å². The number of hydrogen-bond donors (Lipinski definition) is 2. The summed E-state index contributed by atoms with van der Waals surface area (Å²) in [5, 5.41) is 6.42. The van der Waals surface area contributed by atoms with E-state index in [1.807, 2.05) is 60.7 Å². The summed E-state index contributed by atoms with van der Waals surface area (Å²) < 4.78 is 5.09. The molecule has 0 saturated carbocycles. The lowest BCUT2D eigenvalue weighted by Crippen LogP contribution is -2.28. The maximum absolute atomic E-state index is 12.9. The summed E-state index contributed by atoms with van der Waals surface area (Å²) in [7, 11) is 0. The lowest BCUT2D eigenvalue weighted by atomic mass is 9.98. The maximum Gasteiger partial charge on any atom is 0.291 e. The van der Waals surface area contributed by atoms with Crippen LogP contribution in [0, 0.1) is 0 Å². The van der Waals surface area contributed by atoms with Crippen molar-refractivity contribution in [3.8, 4) is 0 Å². The van der Waals surface area contributed by atoms with Gasteiger partial charge in [0.1, 0.15) is 0 Å². The number of furan rings is 1. The quantitative estimate of drug-likeness (QED) is 0.471. The first-order valence-corrected chi connectivity index (χ1v) is 9.88. The van der Waals surface area contributed by atoms with Crippen molar-refractivity contribution in [2.24, 2.45) is 0 Å². The van der Waals surface area contributed by atoms with Crippen LogP contribution in [0.25, 0.3) is 0 Å². The number of carbonyl (C=O) groups is 2. The molecule has 2 amide bonds. The van der Waals surface area contributed by atoms with E-state index in [1.165, 1.54) is 17.6 Å². The highest BCUT2D eigenvalue weighted by Crippen LogP contribution is 2.26. The number of anilines is 1. The Morgan fingerprint density at radius 1 is 0.759 bits per heavy atom.